The molecule has 136 heavy (non-hydrogen) atoms. The maximum absolute atomic E-state index is 14.6. The van der Waals surface area contributed by atoms with E-state index in [4.69, 9.17) is 84.3 Å². The highest BCUT2D eigenvalue weighted by Crippen LogP contribution is 2.41. The maximum Gasteiger partial charge on any atom is 0.165 e. The first kappa shape index (κ1) is 110. The van der Waals surface area contributed by atoms with Crippen molar-refractivity contribution in [2.24, 2.45) is 23.7 Å². The molecule has 8 aromatic carbocycles. The molecule has 0 saturated heterocycles. The Labute approximate surface area is 838 Å². The number of aromatic nitrogens is 12. The van der Waals surface area contributed by atoms with E-state index in [0.717, 1.165) is 52.0 Å². The Bertz CT molecular complexity index is 4920. The summed E-state index contributed by atoms with van der Waals surface area (Å²) in [6, 6.07) is 53.2. The number of halogens is 12. The minimum Gasteiger partial charge on any atom is -0.492 e. The molecule has 0 bridgehead atoms. The van der Waals surface area contributed by atoms with E-state index in [-0.39, 0.29) is 110 Å². The lowest BCUT2D eigenvalue weighted by atomic mass is 9.78. The van der Waals surface area contributed by atoms with Crippen LogP contribution in [-0.4, -0.2) is 181 Å². The van der Waals surface area contributed by atoms with Gasteiger partial charge in [-0.1, -0.05) is 177 Å². The first-order valence-electron chi connectivity index (χ1n) is 44.3. The Morgan fingerprint density at radius 1 is 0.294 bits per heavy atom. The van der Waals surface area contributed by atoms with E-state index in [2.05, 4.69) is 152 Å². The van der Waals surface area contributed by atoms with E-state index in [1.54, 1.807) is 12.1 Å². The Kier molecular flexibility index (Phi) is 43.7. The van der Waals surface area contributed by atoms with Crippen molar-refractivity contribution >= 4 is 91.6 Å². The lowest BCUT2D eigenvalue weighted by molar-refractivity contribution is 0.0887. The average molecular weight is 2190 g/mol. The van der Waals surface area contributed by atoms with Gasteiger partial charge in [0.1, 0.15) is 135 Å². The van der Waals surface area contributed by atoms with Gasteiger partial charge in [-0.15, -0.1) is 66.8 Å². The summed E-state index contributed by atoms with van der Waals surface area (Å²) in [6.07, 6.45) is 2.59. The predicted octanol–water partition coefficient (Wildman–Crippen LogP) is 20.6. The zero-order valence-electron chi connectivity index (χ0n) is 78.2. The Morgan fingerprint density at radius 2 is 0.493 bits per heavy atom. The monoisotopic (exact) mass is 2180 g/mol. The zero-order chi connectivity index (χ0) is 98.9. The first-order valence-corrected chi connectivity index (χ1v) is 48.6. The number of nitrogens with zero attached hydrogens (tertiary/aromatic N) is 12. The van der Waals surface area contributed by atoms with E-state index in [9.17, 15) is 46.8 Å². The molecule has 0 radical (unpaired) electrons. The molecule has 24 nitrogen and oxygen atoms in total. The third-order valence-electron chi connectivity index (χ3n) is 22.3. The number of benzene rings is 8. The summed E-state index contributed by atoms with van der Waals surface area (Å²) in [4.78, 5) is 0. The van der Waals surface area contributed by atoms with Crippen molar-refractivity contribution in [1.29, 1.82) is 0 Å². The van der Waals surface area contributed by atoms with Gasteiger partial charge in [-0.3, -0.25) is 0 Å². The summed E-state index contributed by atoms with van der Waals surface area (Å²) in [5.74, 6) is 6.76. The van der Waals surface area contributed by atoms with Crippen LogP contribution in [0.1, 0.15) is 150 Å². The van der Waals surface area contributed by atoms with Gasteiger partial charge < -0.3 is 58.3 Å². The lowest BCUT2D eigenvalue weighted by Gasteiger charge is -2.27. The Morgan fingerprint density at radius 3 is 0.684 bits per heavy atom. The lowest BCUT2D eigenvalue weighted by Crippen LogP contribution is -2.24. The molecule has 36 heteroatoms. The second-order valence-corrected chi connectivity index (χ2v) is 39.1. The van der Waals surface area contributed by atoms with Crippen molar-refractivity contribution in [3.8, 4) is 46.0 Å². The van der Waals surface area contributed by atoms with Crippen molar-refractivity contribution in [3.63, 3.8) is 0 Å². The number of ether oxygens (including phenoxy) is 8. The topological polar surface area (TPSA) is 278 Å². The quantitative estimate of drug-likeness (QED) is 0.0157. The van der Waals surface area contributed by atoms with Gasteiger partial charge in [0, 0.05) is 68.9 Å². The fourth-order valence-corrected chi connectivity index (χ4v) is 15.2. The van der Waals surface area contributed by atoms with Crippen molar-refractivity contribution < 1.29 is 84.7 Å². The van der Waals surface area contributed by atoms with Crippen LogP contribution in [0.5, 0.6) is 46.0 Å². The number of aliphatic hydroxyl groups excluding tert-OH is 4. The second kappa shape index (κ2) is 53.8. The summed E-state index contributed by atoms with van der Waals surface area (Å²) < 4.78 is 133. The third kappa shape index (κ3) is 33.5. The molecule has 0 aliphatic rings. The smallest absolute Gasteiger partial charge is 0.165 e. The van der Waals surface area contributed by atoms with Crippen LogP contribution in [0.15, 0.2) is 195 Å². The van der Waals surface area contributed by atoms with Gasteiger partial charge >= 0.3 is 0 Å². The van der Waals surface area contributed by atoms with Crippen molar-refractivity contribution in [2.45, 2.75) is 182 Å². The van der Waals surface area contributed by atoms with Crippen molar-refractivity contribution in [2.75, 3.05) is 76.4 Å². The van der Waals surface area contributed by atoms with Gasteiger partial charge in [-0.05, 0) is 187 Å². The highest BCUT2D eigenvalue weighted by Gasteiger charge is 2.30. The molecule has 0 spiro atoms. The number of aliphatic hydroxyl groups is 4. The van der Waals surface area contributed by atoms with Crippen LogP contribution in [0.25, 0.3) is 0 Å². The second-order valence-electron chi connectivity index (χ2n) is 35.6. The van der Waals surface area contributed by atoms with Crippen LogP contribution in [0, 0.1) is 42.4 Å². The van der Waals surface area contributed by atoms with Gasteiger partial charge in [0.2, 0.25) is 0 Å². The maximum atomic E-state index is 14.6. The number of hydrogen-bond acceptors (Lipinski definition) is 20. The first-order chi connectivity index (χ1) is 64.9. The van der Waals surface area contributed by atoms with Gasteiger partial charge in [0.05, 0.1) is 84.5 Å². The summed E-state index contributed by atoms with van der Waals surface area (Å²) >= 11 is 27.9. The number of alkyl halides is 8. The van der Waals surface area contributed by atoms with E-state index in [1.807, 2.05) is 163 Å². The van der Waals surface area contributed by atoms with Gasteiger partial charge in [0.25, 0.3) is 0 Å². The summed E-state index contributed by atoms with van der Waals surface area (Å²) in [6.45, 7) is 24.9. The van der Waals surface area contributed by atoms with E-state index in [0.29, 0.717) is 84.8 Å². The molecule has 4 aromatic heterocycles. The molecule has 0 saturated carbocycles. The largest absolute Gasteiger partial charge is 0.492 e. The SMILES string of the molecule is CC(CCl)COc1ccc(C(C)(C)c2ccc(OCC(O)Cn3cc(C[18F])nn3)cc2)cc1F.CC(CCl)COc1ccc(C(C)(C)c2ccc(OCC(O)Cn3cc(C[18F])nn3)cc2)cc1I.C[C@H](CCl)COc1ccc(C(C)(C)c2ccc(OC[C@@H](O)Cn3cc(C[18F])nn3)cc2)cc1I.C[C@H](CCl)COc1ccc(C(C)(C)c2ccc(OC[C@H](O)Cn3cc(C[18F])nn3)cc2)cc1F. The Balaban J connectivity index is 0.000000203. The van der Waals surface area contributed by atoms with Crippen LogP contribution < -0.4 is 37.9 Å². The fraction of sp³-hybridized carbons (Fsp3) is 0.440. The normalized spacial score (nSPS) is 13.5. The zero-order valence-corrected chi connectivity index (χ0v) is 85.5. The molecule has 0 aliphatic heterocycles. The highest BCUT2D eigenvalue weighted by atomic mass is 127. The van der Waals surface area contributed by atoms with Crippen LogP contribution in [-0.2, 0) is 74.5 Å². The van der Waals surface area contributed by atoms with E-state index in [1.165, 1.54) is 66.8 Å². The molecular weight excluding hydrogens is 2070 g/mol. The standard InChI is InChI=1S/2C25H30ClF2N3O3.2C25H30ClFIN3O3/c4*1-17(11-26)15-34-24-9-6-19(10-23(24)28)25(2,3)18-4-7-22(8-5-18)33-16-21(32)14-31-13-20(12-27)29-30-31/h4*4-10,13,17,21,32H,11-12,14-16H2,1-3H3/t17-,21-;;17-,21+;/m1.1./s1/i4*27-1. The van der Waals surface area contributed by atoms with Crippen LogP contribution >= 0.6 is 91.6 Å². The number of rotatable bonds is 48. The van der Waals surface area contributed by atoms with Crippen LogP contribution in [0.3, 0.4) is 0 Å². The molecule has 8 atom stereocenters. The molecule has 4 heterocycles. The van der Waals surface area contributed by atoms with Crippen molar-refractivity contribution in [1.82, 2.24) is 60.0 Å². The van der Waals surface area contributed by atoms with Crippen molar-refractivity contribution in [3.05, 3.63) is 281 Å². The van der Waals surface area contributed by atoms with E-state index < -0.39 is 73.6 Å². The Hall–Kier alpha value is -9.24. The summed E-state index contributed by atoms with van der Waals surface area (Å²) in [7, 11) is 0. The molecule has 0 fully saturated rings. The predicted molar refractivity (Wildman–Crippen MR) is 532 cm³/mol. The summed E-state index contributed by atoms with van der Waals surface area (Å²) in [5.41, 5.74) is 7.78. The molecule has 12 rings (SSSR count). The summed E-state index contributed by atoms with van der Waals surface area (Å²) in [5, 5.41) is 70.4. The minimum absolute atomic E-state index is 0.0442. The third-order valence-corrected chi connectivity index (χ3v) is 26.1. The molecule has 12 aromatic rings. The van der Waals surface area contributed by atoms with Gasteiger partial charge in [-0.25, -0.2) is 45.1 Å². The molecule has 4 N–H and O–H groups in total. The average Bonchev–Trinajstić information content (AvgIpc) is 0.932. The van der Waals surface area contributed by atoms with Gasteiger partial charge in [0.15, 0.2) is 23.1 Å². The van der Waals surface area contributed by atoms with Crippen LogP contribution in [0.2, 0.25) is 0 Å². The molecule has 0 amide bonds. The molecular formula is C100H120Cl4F6I2N12O12. The van der Waals surface area contributed by atoms with E-state index >= 15 is 0 Å². The van der Waals surface area contributed by atoms with Crippen LogP contribution in [0.4, 0.5) is 26.3 Å². The minimum atomic E-state index is -0.832. The molecule has 736 valence electrons. The molecule has 0 aliphatic carbocycles. The van der Waals surface area contributed by atoms with Gasteiger partial charge in [-0.2, -0.15) is 0 Å². The highest BCUT2D eigenvalue weighted by molar-refractivity contribution is 14.1. The fourth-order valence-electron chi connectivity index (χ4n) is 13.5. The number of hydrogen-bond donors (Lipinski definition) is 4. The molecule has 4 unspecified atom stereocenters.